The van der Waals surface area contributed by atoms with E-state index in [2.05, 4.69) is 45.2 Å². The second-order valence-corrected chi connectivity index (χ2v) is 5.98. The second kappa shape index (κ2) is 9.10. The molecule has 0 saturated carbocycles. The first kappa shape index (κ1) is 16.4. The molecule has 0 aliphatic carbocycles. The highest BCUT2D eigenvalue weighted by atomic mass is 15.3. The van der Waals surface area contributed by atoms with E-state index in [0.29, 0.717) is 0 Å². The fraction of sp³-hybridized carbons (Fsp3) is 0.688. The maximum absolute atomic E-state index is 4.32. The van der Waals surface area contributed by atoms with Gasteiger partial charge in [-0.3, -0.25) is 14.8 Å². The van der Waals surface area contributed by atoms with Crippen molar-refractivity contribution in [3.8, 4) is 0 Å². The summed E-state index contributed by atoms with van der Waals surface area (Å²) in [5.74, 6) is 0. The predicted octanol–water partition coefficient (Wildman–Crippen LogP) is 0.350. The summed E-state index contributed by atoms with van der Waals surface area (Å²) in [7, 11) is 4.28. The molecule has 2 heterocycles. The van der Waals surface area contributed by atoms with Gasteiger partial charge in [-0.25, -0.2) is 0 Å². The van der Waals surface area contributed by atoms with Crippen molar-refractivity contribution in [1.82, 2.24) is 25.0 Å². The standard InChI is InChI=1S/C16H29N5/c1-19(2)9-10-21-13-11-20(12-14-21)8-7-17-15-16-5-3-4-6-18-16/h3-6,17H,7-15H2,1-2H3. The zero-order chi connectivity index (χ0) is 14.9. The van der Waals surface area contributed by atoms with E-state index in [1.54, 1.807) is 0 Å². The Morgan fingerprint density at radius 1 is 1.10 bits per heavy atom. The van der Waals surface area contributed by atoms with Crippen molar-refractivity contribution in [2.45, 2.75) is 6.54 Å². The third kappa shape index (κ3) is 6.52. The first-order valence-corrected chi connectivity index (χ1v) is 7.94. The van der Waals surface area contributed by atoms with Crippen LogP contribution in [0, 0.1) is 0 Å². The first-order valence-electron chi connectivity index (χ1n) is 7.94. The average molecular weight is 291 g/mol. The summed E-state index contributed by atoms with van der Waals surface area (Å²) >= 11 is 0. The molecule has 0 aromatic carbocycles. The van der Waals surface area contributed by atoms with Gasteiger partial charge >= 0.3 is 0 Å². The molecular weight excluding hydrogens is 262 g/mol. The normalized spacial score (nSPS) is 17.5. The molecule has 1 aromatic rings. The van der Waals surface area contributed by atoms with Crippen LogP contribution in [0.3, 0.4) is 0 Å². The number of nitrogens with one attached hydrogen (secondary N) is 1. The molecule has 0 radical (unpaired) electrons. The SMILES string of the molecule is CN(C)CCN1CCN(CCNCc2ccccn2)CC1. The Morgan fingerprint density at radius 3 is 2.43 bits per heavy atom. The molecule has 0 spiro atoms. The maximum atomic E-state index is 4.32. The topological polar surface area (TPSA) is 34.6 Å². The van der Waals surface area contributed by atoms with Crippen molar-refractivity contribution in [2.24, 2.45) is 0 Å². The molecule has 0 unspecified atom stereocenters. The molecule has 5 heteroatoms. The molecule has 1 aromatic heterocycles. The third-order valence-corrected chi connectivity index (χ3v) is 3.97. The van der Waals surface area contributed by atoms with Gasteiger partial charge in [-0.15, -0.1) is 0 Å². The van der Waals surface area contributed by atoms with Gasteiger partial charge in [0.2, 0.25) is 0 Å². The van der Waals surface area contributed by atoms with Gasteiger partial charge in [0.1, 0.15) is 0 Å². The third-order valence-electron chi connectivity index (χ3n) is 3.97. The minimum Gasteiger partial charge on any atom is -0.310 e. The van der Waals surface area contributed by atoms with E-state index in [1.165, 1.54) is 32.7 Å². The molecule has 1 saturated heterocycles. The van der Waals surface area contributed by atoms with Gasteiger partial charge in [0.05, 0.1) is 5.69 Å². The number of nitrogens with zero attached hydrogens (tertiary/aromatic N) is 4. The first-order chi connectivity index (χ1) is 10.2. The van der Waals surface area contributed by atoms with Crippen LogP contribution in [0.5, 0.6) is 0 Å². The van der Waals surface area contributed by atoms with Crippen LogP contribution in [0.25, 0.3) is 0 Å². The van der Waals surface area contributed by atoms with Crippen LogP contribution in [0.2, 0.25) is 0 Å². The molecule has 0 atom stereocenters. The lowest BCUT2D eigenvalue weighted by molar-refractivity contribution is 0.126. The largest absolute Gasteiger partial charge is 0.310 e. The molecule has 1 aliphatic rings. The number of piperazine rings is 1. The van der Waals surface area contributed by atoms with Gasteiger partial charge in [-0.2, -0.15) is 0 Å². The number of pyridine rings is 1. The molecule has 1 N–H and O–H groups in total. The van der Waals surface area contributed by atoms with E-state index in [9.17, 15) is 0 Å². The summed E-state index contributed by atoms with van der Waals surface area (Å²) in [6.45, 7) is 10.2. The number of hydrogen-bond donors (Lipinski definition) is 1. The van der Waals surface area contributed by atoms with Crippen molar-refractivity contribution in [3.05, 3.63) is 30.1 Å². The summed E-state index contributed by atoms with van der Waals surface area (Å²) < 4.78 is 0. The van der Waals surface area contributed by atoms with E-state index < -0.39 is 0 Å². The highest BCUT2D eigenvalue weighted by molar-refractivity contribution is 5.02. The van der Waals surface area contributed by atoms with Crippen molar-refractivity contribution >= 4 is 0 Å². The summed E-state index contributed by atoms with van der Waals surface area (Å²) in [5, 5.41) is 3.48. The number of hydrogen-bond acceptors (Lipinski definition) is 5. The monoisotopic (exact) mass is 291 g/mol. The fourth-order valence-electron chi connectivity index (χ4n) is 2.53. The highest BCUT2D eigenvalue weighted by Gasteiger charge is 2.15. The van der Waals surface area contributed by atoms with Crippen LogP contribution >= 0.6 is 0 Å². The number of rotatable bonds is 8. The Balaban J connectivity index is 1.53. The number of likely N-dealkylation sites (N-methyl/N-ethyl adjacent to an activating group) is 1. The predicted molar refractivity (Wildman–Crippen MR) is 87.4 cm³/mol. The molecule has 1 aliphatic heterocycles. The molecule has 1 fully saturated rings. The Bertz CT molecular complexity index is 374. The van der Waals surface area contributed by atoms with Crippen molar-refractivity contribution in [2.75, 3.05) is 66.5 Å². The van der Waals surface area contributed by atoms with Gasteiger partial charge in [-0.05, 0) is 26.2 Å². The van der Waals surface area contributed by atoms with Gasteiger partial charge in [0, 0.05) is 65.1 Å². The lowest BCUT2D eigenvalue weighted by Gasteiger charge is -2.35. The fourth-order valence-corrected chi connectivity index (χ4v) is 2.53. The minimum atomic E-state index is 0.865. The molecule has 21 heavy (non-hydrogen) atoms. The van der Waals surface area contributed by atoms with Crippen LogP contribution in [0.1, 0.15) is 5.69 Å². The van der Waals surface area contributed by atoms with E-state index in [-0.39, 0.29) is 0 Å². The van der Waals surface area contributed by atoms with E-state index in [1.807, 2.05) is 18.3 Å². The Kier molecular flexibility index (Phi) is 7.09. The van der Waals surface area contributed by atoms with Crippen molar-refractivity contribution in [3.63, 3.8) is 0 Å². The molecule has 5 nitrogen and oxygen atoms in total. The van der Waals surface area contributed by atoms with Crippen LogP contribution < -0.4 is 5.32 Å². The van der Waals surface area contributed by atoms with Crippen LogP contribution in [0.15, 0.2) is 24.4 Å². The van der Waals surface area contributed by atoms with Gasteiger partial charge in [0.25, 0.3) is 0 Å². The molecule has 0 amide bonds. The Labute approximate surface area is 128 Å². The zero-order valence-corrected chi connectivity index (χ0v) is 13.5. The molecule has 2 rings (SSSR count). The van der Waals surface area contributed by atoms with Gasteiger partial charge in [-0.1, -0.05) is 6.07 Å². The summed E-state index contributed by atoms with van der Waals surface area (Å²) in [6, 6.07) is 6.06. The van der Waals surface area contributed by atoms with Crippen molar-refractivity contribution in [1.29, 1.82) is 0 Å². The zero-order valence-electron chi connectivity index (χ0n) is 13.5. The number of aromatic nitrogens is 1. The van der Waals surface area contributed by atoms with E-state index >= 15 is 0 Å². The van der Waals surface area contributed by atoms with Gasteiger partial charge < -0.3 is 10.2 Å². The lowest BCUT2D eigenvalue weighted by atomic mass is 10.3. The average Bonchev–Trinajstić information content (AvgIpc) is 2.52. The lowest BCUT2D eigenvalue weighted by Crippen LogP contribution is -2.49. The quantitative estimate of drug-likeness (QED) is 0.699. The van der Waals surface area contributed by atoms with Crippen molar-refractivity contribution < 1.29 is 0 Å². The minimum absolute atomic E-state index is 0.865. The van der Waals surface area contributed by atoms with Crippen LogP contribution in [0.4, 0.5) is 0 Å². The maximum Gasteiger partial charge on any atom is 0.0541 e. The van der Waals surface area contributed by atoms with E-state index in [4.69, 9.17) is 0 Å². The Morgan fingerprint density at radius 2 is 1.81 bits per heavy atom. The molecular formula is C16H29N5. The van der Waals surface area contributed by atoms with E-state index in [0.717, 1.165) is 31.9 Å². The molecule has 118 valence electrons. The van der Waals surface area contributed by atoms with Crippen LogP contribution in [-0.2, 0) is 6.54 Å². The molecule has 0 bridgehead atoms. The van der Waals surface area contributed by atoms with Crippen LogP contribution in [-0.4, -0.2) is 86.1 Å². The summed E-state index contributed by atoms with van der Waals surface area (Å²) in [4.78, 5) is 11.7. The van der Waals surface area contributed by atoms with Gasteiger partial charge in [0.15, 0.2) is 0 Å². The summed E-state index contributed by atoms with van der Waals surface area (Å²) in [6.07, 6.45) is 1.85. The second-order valence-electron chi connectivity index (χ2n) is 5.98. The summed E-state index contributed by atoms with van der Waals surface area (Å²) in [5.41, 5.74) is 1.12. The smallest absolute Gasteiger partial charge is 0.0541 e. The highest BCUT2D eigenvalue weighted by Crippen LogP contribution is 2.01. The Hall–Kier alpha value is -1.01.